The number of carbonyl (C=O) groups is 1. The third-order valence-electron chi connectivity index (χ3n) is 5.42. The summed E-state index contributed by atoms with van der Waals surface area (Å²) in [5, 5.41) is 13.7. The van der Waals surface area contributed by atoms with Gasteiger partial charge >= 0.3 is 0 Å². The number of nitro groups is 1. The average Bonchev–Trinajstić information content (AvgIpc) is 3.45. The maximum atomic E-state index is 13.2. The first-order chi connectivity index (χ1) is 17.0. The molecule has 2 heterocycles. The van der Waals surface area contributed by atoms with Gasteiger partial charge in [0.2, 0.25) is 0 Å². The highest BCUT2D eigenvalue weighted by atomic mass is 32.2. The largest absolute Gasteiger partial charge is 0.457 e. The van der Waals surface area contributed by atoms with Crippen LogP contribution in [0.25, 0.3) is 28.2 Å². The van der Waals surface area contributed by atoms with Gasteiger partial charge in [-0.3, -0.25) is 19.8 Å². The van der Waals surface area contributed by atoms with E-state index in [1.807, 2.05) is 42.5 Å². The molecule has 1 fully saturated rings. The standard InChI is InChI=1S/C27H19N3O4S/c1-2-15-29-26(31)25(35-27(29)28-23-12-6-8-18-7-3-4-11-22(18)23)17-21-13-14-24(34-21)19-9-5-10-20(16-19)30(32)33/h2-14,16-17H,1,15H2/b25-17-,28-27?. The van der Waals surface area contributed by atoms with Gasteiger partial charge in [0.05, 0.1) is 15.5 Å². The van der Waals surface area contributed by atoms with Crippen molar-refractivity contribution in [2.45, 2.75) is 0 Å². The smallest absolute Gasteiger partial charge is 0.270 e. The molecule has 0 N–H and O–H groups in total. The van der Waals surface area contributed by atoms with E-state index in [1.165, 1.54) is 23.9 Å². The molecule has 8 heteroatoms. The van der Waals surface area contributed by atoms with Crippen molar-refractivity contribution in [1.82, 2.24) is 4.90 Å². The Morgan fingerprint density at radius 3 is 2.69 bits per heavy atom. The SMILES string of the molecule is C=CCN1C(=O)/C(=C/c2ccc(-c3cccc([N+](=O)[O-])c3)o2)SC1=Nc1cccc2ccccc12. The lowest BCUT2D eigenvalue weighted by Gasteiger charge is -2.13. The Bertz CT molecular complexity index is 1530. The molecule has 0 radical (unpaired) electrons. The molecule has 4 aromatic rings. The van der Waals surface area contributed by atoms with Crippen LogP contribution in [0.2, 0.25) is 0 Å². The summed E-state index contributed by atoms with van der Waals surface area (Å²) >= 11 is 1.27. The summed E-state index contributed by atoms with van der Waals surface area (Å²) in [6.45, 7) is 4.09. The highest BCUT2D eigenvalue weighted by molar-refractivity contribution is 8.18. The van der Waals surface area contributed by atoms with Gasteiger partial charge in [0.25, 0.3) is 11.6 Å². The Morgan fingerprint density at radius 2 is 1.86 bits per heavy atom. The van der Waals surface area contributed by atoms with Crippen molar-refractivity contribution < 1.29 is 14.1 Å². The van der Waals surface area contributed by atoms with Crippen LogP contribution in [0, 0.1) is 10.1 Å². The van der Waals surface area contributed by atoms with Crippen molar-refractivity contribution in [2.24, 2.45) is 4.99 Å². The van der Waals surface area contributed by atoms with Crippen LogP contribution < -0.4 is 0 Å². The zero-order valence-corrected chi connectivity index (χ0v) is 19.3. The fraction of sp³-hybridized carbons (Fsp3) is 0.0370. The quantitative estimate of drug-likeness (QED) is 0.131. The molecule has 35 heavy (non-hydrogen) atoms. The molecule has 0 saturated carbocycles. The Kier molecular flexibility index (Phi) is 6.03. The van der Waals surface area contributed by atoms with Crippen molar-refractivity contribution >= 4 is 51.1 Å². The normalized spacial score (nSPS) is 15.9. The number of rotatable bonds is 6. The Hall–Kier alpha value is -4.43. The van der Waals surface area contributed by atoms with Crippen LogP contribution in [-0.4, -0.2) is 27.4 Å². The predicted molar refractivity (Wildman–Crippen MR) is 139 cm³/mol. The predicted octanol–water partition coefficient (Wildman–Crippen LogP) is 6.80. The second-order valence-corrected chi connectivity index (χ2v) is 8.73. The minimum atomic E-state index is -0.450. The monoisotopic (exact) mass is 481 g/mol. The number of hydrogen-bond acceptors (Lipinski definition) is 6. The van der Waals surface area contributed by atoms with E-state index in [0.717, 1.165) is 16.5 Å². The number of furan rings is 1. The van der Waals surface area contributed by atoms with Gasteiger partial charge in [-0.05, 0) is 35.3 Å². The summed E-state index contributed by atoms with van der Waals surface area (Å²) in [4.78, 5) is 30.6. The summed E-state index contributed by atoms with van der Waals surface area (Å²) in [5.74, 6) is 0.748. The van der Waals surface area contributed by atoms with E-state index in [-0.39, 0.29) is 11.6 Å². The summed E-state index contributed by atoms with van der Waals surface area (Å²) in [6, 6.07) is 23.5. The third-order valence-corrected chi connectivity index (χ3v) is 6.43. The molecule has 1 aliphatic heterocycles. The molecular formula is C27H19N3O4S. The minimum Gasteiger partial charge on any atom is -0.457 e. The Morgan fingerprint density at radius 1 is 1.06 bits per heavy atom. The van der Waals surface area contributed by atoms with Crippen LogP contribution in [0.15, 0.2) is 106 Å². The fourth-order valence-electron chi connectivity index (χ4n) is 3.78. The lowest BCUT2D eigenvalue weighted by molar-refractivity contribution is -0.384. The van der Waals surface area contributed by atoms with Gasteiger partial charge in [0.15, 0.2) is 5.17 Å². The highest BCUT2D eigenvalue weighted by Gasteiger charge is 2.33. The number of hydrogen-bond donors (Lipinski definition) is 0. The van der Waals surface area contributed by atoms with Gasteiger partial charge in [-0.2, -0.15) is 0 Å². The van der Waals surface area contributed by atoms with E-state index in [2.05, 4.69) is 6.58 Å². The fourth-order valence-corrected chi connectivity index (χ4v) is 4.76. The number of benzene rings is 3. The first kappa shape index (κ1) is 22.4. The molecule has 0 atom stereocenters. The molecule has 0 spiro atoms. The Labute approximate surface area is 205 Å². The van der Waals surface area contributed by atoms with Crippen molar-refractivity contribution in [3.05, 3.63) is 112 Å². The van der Waals surface area contributed by atoms with E-state index >= 15 is 0 Å². The molecule has 1 aromatic heterocycles. The van der Waals surface area contributed by atoms with Crippen molar-refractivity contribution in [1.29, 1.82) is 0 Å². The summed E-state index contributed by atoms with van der Waals surface area (Å²) in [5.41, 5.74) is 1.34. The zero-order chi connectivity index (χ0) is 24.4. The number of non-ortho nitro benzene ring substituents is 1. The van der Waals surface area contributed by atoms with Gasteiger partial charge in [0.1, 0.15) is 11.5 Å². The number of fused-ring (bicyclic) bond motifs is 1. The van der Waals surface area contributed by atoms with Crippen molar-refractivity contribution in [3.63, 3.8) is 0 Å². The molecule has 7 nitrogen and oxygen atoms in total. The number of thioether (sulfide) groups is 1. The first-order valence-corrected chi connectivity index (χ1v) is 11.6. The number of aliphatic imine (C=N–C) groups is 1. The molecule has 5 rings (SSSR count). The molecule has 1 amide bonds. The van der Waals surface area contributed by atoms with E-state index in [4.69, 9.17) is 9.41 Å². The molecule has 1 saturated heterocycles. The van der Waals surface area contributed by atoms with E-state index in [0.29, 0.717) is 33.7 Å². The van der Waals surface area contributed by atoms with Crippen LogP contribution in [0.1, 0.15) is 5.76 Å². The van der Waals surface area contributed by atoms with Crippen LogP contribution in [0.3, 0.4) is 0 Å². The molecule has 0 aliphatic carbocycles. The molecule has 1 aliphatic rings. The molecule has 0 unspecified atom stereocenters. The summed E-state index contributed by atoms with van der Waals surface area (Å²) in [7, 11) is 0. The van der Waals surface area contributed by atoms with Crippen molar-refractivity contribution in [2.75, 3.05) is 6.54 Å². The highest BCUT2D eigenvalue weighted by Crippen LogP contribution is 2.36. The molecular weight excluding hydrogens is 462 g/mol. The lowest BCUT2D eigenvalue weighted by Crippen LogP contribution is -2.29. The van der Waals surface area contributed by atoms with E-state index in [9.17, 15) is 14.9 Å². The molecule has 0 bridgehead atoms. The molecule has 3 aromatic carbocycles. The topological polar surface area (TPSA) is 89.0 Å². The van der Waals surface area contributed by atoms with Gasteiger partial charge < -0.3 is 4.42 Å². The maximum absolute atomic E-state index is 13.2. The second-order valence-electron chi connectivity index (χ2n) is 7.72. The van der Waals surface area contributed by atoms with Crippen LogP contribution in [0.5, 0.6) is 0 Å². The van der Waals surface area contributed by atoms with Crippen molar-refractivity contribution in [3.8, 4) is 11.3 Å². The number of amides is 1. The summed E-state index contributed by atoms with van der Waals surface area (Å²) in [6.07, 6.45) is 3.32. The molecule has 172 valence electrons. The Balaban J connectivity index is 1.47. The van der Waals surface area contributed by atoms with Gasteiger partial charge in [-0.25, -0.2) is 4.99 Å². The van der Waals surface area contributed by atoms with Gasteiger partial charge in [-0.1, -0.05) is 54.6 Å². The van der Waals surface area contributed by atoms with Gasteiger partial charge in [0, 0.05) is 35.7 Å². The van der Waals surface area contributed by atoms with Gasteiger partial charge in [-0.15, -0.1) is 6.58 Å². The number of nitro benzene ring substituents is 1. The first-order valence-electron chi connectivity index (χ1n) is 10.8. The zero-order valence-electron chi connectivity index (χ0n) is 18.5. The number of amidine groups is 1. The van der Waals surface area contributed by atoms with E-state index in [1.54, 1.807) is 41.3 Å². The summed E-state index contributed by atoms with van der Waals surface area (Å²) < 4.78 is 5.88. The van der Waals surface area contributed by atoms with Crippen LogP contribution in [0.4, 0.5) is 11.4 Å². The van der Waals surface area contributed by atoms with E-state index < -0.39 is 4.92 Å². The average molecular weight is 482 g/mol. The van der Waals surface area contributed by atoms with Crippen LogP contribution >= 0.6 is 11.8 Å². The van der Waals surface area contributed by atoms with Crippen LogP contribution in [-0.2, 0) is 4.79 Å². The third kappa shape index (κ3) is 4.51. The number of nitrogens with zero attached hydrogens (tertiary/aromatic N) is 3. The lowest BCUT2D eigenvalue weighted by atomic mass is 10.1. The maximum Gasteiger partial charge on any atom is 0.270 e. The minimum absolute atomic E-state index is 0.0188. The number of carbonyl (C=O) groups excluding carboxylic acids is 1. The second kappa shape index (κ2) is 9.44.